The van der Waals surface area contributed by atoms with Gasteiger partial charge in [0.25, 0.3) is 5.91 Å². The summed E-state index contributed by atoms with van der Waals surface area (Å²) in [5, 5.41) is 9.61. The molecule has 1 unspecified atom stereocenters. The molecule has 1 aromatic carbocycles. The molecular weight excluding hydrogens is 477 g/mol. The number of rotatable bonds is 12. The normalized spacial score (nSPS) is 12.3. The van der Waals surface area contributed by atoms with Gasteiger partial charge in [0.1, 0.15) is 17.8 Å². The molecule has 3 N–H and O–H groups in total. The van der Waals surface area contributed by atoms with E-state index in [1.165, 1.54) is 49.1 Å². The maximum Gasteiger partial charge on any atom is 0.416 e. The topological polar surface area (TPSA) is 91.8 Å². The van der Waals surface area contributed by atoms with Gasteiger partial charge in [-0.05, 0) is 37.6 Å². The van der Waals surface area contributed by atoms with Crippen LogP contribution in [0.4, 0.5) is 29.8 Å². The molecule has 1 atom stereocenters. The fourth-order valence-electron chi connectivity index (χ4n) is 3.28. The molecule has 2 aromatic heterocycles. The fraction of sp³-hybridized carbons (Fsp3) is 0.417. The van der Waals surface area contributed by atoms with Gasteiger partial charge in [0.2, 0.25) is 0 Å². The van der Waals surface area contributed by atoms with E-state index in [2.05, 4.69) is 37.8 Å². The highest BCUT2D eigenvalue weighted by Crippen LogP contribution is 2.31. The van der Waals surface area contributed by atoms with Gasteiger partial charge in [0.15, 0.2) is 5.13 Å². The predicted molar refractivity (Wildman–Crippen MR) is 132 cm³/mol. The summed E-state index contributed by atoms with van der Waals surface area (Å²) in [5.41, 5.74) is 0.0317. The summed E-state index contributed by atoms with van der Waals surface area (Å²) < 4.78 is 38.2. The number of amides is 1. The summed E-state index contributed by atoms with van der Waals surface area (Å²) >= 11 is 1.30. The maximum absolute atomic E-state index is 12.7. The molecule has 0 spiro atoms. The molecule has 3 aromatic rings. The van der Waals surface area contributed by atoms with E-state index in [0.717, 1.165) is 36.4 Å². The van der Waals surface area contributed by atoms with Crippen molar-refractivity contribution in [1.82, 2.24) is 20.3 Å². The Bertz CT molecular complexity index is 1090. The molecule has 11 heteroatoms. The van der Waals surface area contributed by atoms with Crippen LogP contribution >= 0.6 is 11.3 Å². The Morgan fingerprint density at radius 2 is 1.80 bits per heavy atom. The van der Waals surface area contributed by atoms with E-state index < -0.39 is 11.7 Å². The predicted octanol–water partition coefficient (Wildman–Crippen LogP) is 6.57. The second-order valence-corrected chi connectivity index (χ2v) is 9.15. The van der Waals surface area contributed by atoms with Crippen molar-refractivity contribution in [2.24, 2.45) is 0 Å². The van der Waals surface area contributed by atoms with Gasteiger partial charge in [0.05, 0.1) is 11.6 Å². The van der Waals surface area contributed by atoms with Crippen LogP contribution in [-0.2, 0) is 6.18 Å². The number of unbranched alkanes of at least 4 members (excludes halogenated alkanes) is 4. The van der Waals surface area contributed by atoms with Crippen molar-refractivity contribution in [3.63, 3.8) is 0 Å². The molecule has 0 aliphatic heterocycles. The Labute approximate surface area is 206 Å². The van der Waals surface area contributed by atoms with Crippen molar-refractivity contribution in [1.29, 1.82) is 0 Å². The minimum Gasteiger partial charge on any atom is -0.370 e. The number of benzene rings is 1. The second kappa shape index (κ2) is 12.5. The van der Waals surface area contributed by atoms with Crippen molar-refractivity contribution in [3.8, 4) is 0 Å². The number of nitrogens with one attached hydrogen (secondary N) is 3. The minimum atomic E-state index is -4.38. The molecule has 0 fully saturated rings. The van der Waals surface area contributed by atoms with Crippen LogP contribution in [-0.4, -0.2) is 27.4 Å². The van der Waals surface area contributed by atoms with Crippen LogP contribution in [0.2, 0.25) is 0 Å². The van der Waals surface area contributed by atoms with Crippen LogP contribution in [0.15, 0.2) is 42.9 Å². The average Bonchev–Trinajstić information content (AvgIpc) is 3.30. The number of carbonyl (C=O) groups excluding carboxylic acids is 1. The Hall–Kier alpha value is -3.21. The number of hydrogen-bond donors (Lipinski definition) is 3. The van der Waals surface area contributed by atoms with Gasteiger partial charge in [-0.25, -0.2) is 15.0 Å². The standard InChI is InChI=1S/C24H29F3N6OS/c1-3-4-5-6-7-12-28-21-13-19(30-15-31-21)22(34)32-16(2)20-14-29-23(35-20)33-18-10-8-17(9-11-18)24(25,26)27/h8-11,13-16H,3-7,12H2,1-2H3,(H,29,33)(H,32,34)(H,28,30,31). The Morgan fingerprint density at radius 3 is 2.51 bits per heavy atom. The molecule has 35 heavy (non-hydrogen) atoms. The third-order valence-electron chi connectivity index (χ3n) is 5.25. The van der Waals surface area contributed by atoms with E-state index in [1.807, 2.05) is 6.92 Å². The largest absolute Gasteiger partial charge is 0.416 e. The first-order valence-electron chi connectivity index (χ1n) is 11.5. The first kappa shape index (κ1) is 26.4. The molecule has 0 aliphatic rings. The fourth-order valence-corrected chi connectivity index (χ4v) is 4.11. The monoisotopic (exact) mass is 506 g/mol. The number of nitrogens with zero attached hydrogens (tertiary/aromatic N) is 3. The SMILES string of the molecule is CCCCCCCNc1cc(C(=O)NC(C)c2cnc(Nc3ccc(C(F)(F)F)cc3)s2)ncn1. The van der Waals surface area contributed by atoms with E-state index in [0.29, 0.717) is 16.6 Å². The molecule has 188 valence electrons. The number of alkyl halides is 3. The molecular formula is C24H29F3N6OS. The average molecular weight is 507 g/mol. The van der Waals surface area contributed by atoms with E-state index >= 15 is 0 Å². The van der Waals surface area contributed by atoms with Crippen LogP contribution in [0.3, 0.4) is 0 Å². The molecule has 0 aliphatic carbocycles. The van der Waals surface area contributed by atoms with Gasteiger partial charge in [-0.3, -0.25) is 4.79 Å². The van der Waals surface area contributed by atoms with E-state index in [-0.39, 0.29) is 17.6 Å². The second-order valence-electron chi connectivity index (χ2n) is 8.09. The maximum atomic E-state index is 12.7. The van der Waals surface area contributed by atoms with Gasteiger partial charge in [-0.1, -0.05) is 43.9 Å². The molecule has 1 amide bonds. The first-order chi connectivity index (χ1) is 16.8. The number of hydrogen-bond acceptors (Lipinski definition) is 7. The molecule has 2 heterocycles. The van der Waals surface area contributed by atoms with Crippen LogP contribution in [0.25, 0.3) is 0 Å². The van der Waals surface area contributed by atoms with Crippen molar-refractivity contribution in [2.75, 3.05) is 17.2 Å². The number of anilines is 3. The molecule has 0 saturated heterocycles. The lowest BCUT2D eigenvalue weighted by atomic mass is 10.1. The van der Waals surface area contributed by atoms with Crippen molar-refractivity contribution in [2.45, 2.75) is 58.2 Å². The van der Waals surface area contributed by atoms with Crippen LogP contribution in [0.5, 0.6) is 0 Å². The summed E-state index contributed by atoms with van der Waals surface area (Å²) in [6.07, 6.45) is 4.45. The molecule has 7 nitrogen and oxygen atoms in total. The van der Waals surface area contributed by atoms with Gasteiger partial charge >= 0.3 is 6.18 Å². The summed E-state index contributed by atoms with van der Waals surface area (Å²) in [5.74, 6) is 0.269. The Morgan fingerprint density at radius 1 is 1.06 bits per heavy atom. The summed E-state index contributed by atoms with van der Waals surface area (Å²) in [6, 6.07) is 6.00. The number of aromatic nitrogens is 3. The molecule has 0 saturated carbocycles. The van der Waals surface area contributed by atoms with Gasteiger partial charge in [-0.15, -0.1) is 0 Å². The van der Waals surface area contributed by atoms with Crippen molar-refractivity contribution in [3.05, 3.63) is 59.0 Å². The zero-order valence-electron chi connectivity index (χ0n) is 19.7. The highest BCUT2D eigenvalue weighted by atomic mass is 32.1. The van der Waals surface area contributed by atoms with Crippen LogP contribution in [0.1, 0.15) is 72.9 Å². The van der Waals surface area contributed by atoms with E-state index in [1.54, 1.807) is 12.3 Å². The lowest BCUT2D eigenvalue weighted by molar-refractivity contribution is -0.137. The highest BCUT2D eigenvalue weighted by Gasteiger charge is 2.30. The van der Waals surface area contributed by atoms with Crippen LogP contribution < -0.4 is 16.0 Å². The molecule has 0 bridgehead atoms. The summed E-state index contributed by atoms with van der Waals surface area (Å²) in [7, 11) is 0. The highest BCUT2D eigenvalue weighted by molar-refractivity contribution is 7.15. The van der Waals surface area contributed by atoms with Gasteiger partial charge in [-0.2, -0.15) is 13.2 Å². The molecule has 3 rings (SSSR count). The van der Waals surface area contributed by atoms with E-state index in [9.17, 15) is 18.0 Å². The zero-order valence-corrected chi connectivity index (χ0v) is 20.5. The smallest absolute Gasteiger partial charge is 0.370 e. The van der Waals surface area contributed by atoms with E-state index in [4.69, 9.17) is 0 Å². The Balaban J connectivity index is 1.52. The van der Waals surface area contributed by atoms with Gasteiger partial charge < -0.3 is 16.0 Å². The lowest BCUT2D eigenvalue weighted by Crippen LogP contribution is -2.27. The number of carbonyl (C=O) groups is 1. The summed E-state index contributed by atoms with van der Waals surface area (Å²) in [6.45, 7) is 4.79. The third-order valence-corrected chi connectivity index (χ3v) is 6.34. The third kappa shape index (κ3) is 8.20. The van der Waals surface area contributed by atoms with Gasteiger partial charge in [0, 0.05) is 29.4 Å². The number of thiazole rings is 1. The Kier molecular flexibility index (Phi) is 9.41. The molecule has 0 radical (unpaired) electrons. The summed E-state index contributed by atoms with van der Waals surface area (Å²) in [4.78, 5) is 26.0. The zero-order chi connectivity index (χ0) is 25.3. The minimum absolute atomic E-state index is 0.257. The quantitative estimate of drug-likeness (QED) is 0.241. The van der Waals surface area contributed by atoms with Crippen molar-refractivity contribution >= 4 is 33.9 Å². The van der Waals surface area contributed by atoms with Crippen LogP contribution in [0, 0.1) is 0 Å². The number of halogens is 3. The first-order valence-corrected chi connectivity index (χ1v) is 12.3. The van der Waals surface area contributed by atoms with Crippen molar-refractivity contribution < 1.29 is 18.0 Å². The lowest BCUT2D eigenvalue weighted by Gasteiger charge is -2.12.